The minimum Gasteiger partial charge on any atom is -0.339 e. The van der Waals surface area contributed by atoms with Gasteiger partial charge in [0.05, 0.1) is 11.3 Å². The fourth-order valence-corrected chi connectivity index (χ4v) is 3.84. The van der Waals surface area contributed by atoms with Crippen molar-refractivity contribution < 1.29 is 4.79 Å². The standard InChI is InChI=1S/C24H26N4O/c1-4-16-10-8-9-13-18(16)26-22-21-19(14-24(2,3)15-20(21)29)27-23(28-22)25-17-11-6-5-7-12-17/h5-13H,4,14-15H2,1-3H3,(H2,25,26,27,28). The maximum absolute atomic E-state index is 13.0. The molecule has 29 heavy (non-hydrogen) atoms. The van der Waals surface area contributed by atoms with Gasteiger partial charge in [0.15, 0.2) is 5.78 Å². The molecule has 0 spiro atoms. The van der Waals surface area contributed by atoms with Gasteiger partial charge in [0.1, 0.15) is 5.82 Å². The number of anilines is 4. The molecule has 2 N–H and O–H groups in total. The van der Waals surface area contributed by atoms with Gasteiger partial charge in [-0.2, -0.15) is 4.98 Å². The van der Waals surface area contributed by atoms with Gasteiger partial charge in [-0.3, -0.25) is 4.79 Å². The van der Waals surface area contributed by atoms with Crippen molar-refractivity contribution in [1.82, 2.24) is 9.97 Å². The van der Waals surface area contributed by atoms with Gasteiger partial charge >= 0.3 is 0 Å². The van der Waals surface area contributed by atoms with Crippen LogP contribution in [0.25, 0.3) is 0 Å². The molecular weight excluding hydrogens is 360 g/mol. The maximum Gasteiger partial charge on any atom is 0.229 e. The molecule has 1 aliphatic carbocycles. The SMILES string of the molecule is CCc1ccccc1Nc1nc(Nc2ccccc2)nc2c1C(=O)CC(C)(C)C2. The molecule has 1 aliphatic rings. The molecule has 0 amide bonds. The van der Waals surface area contributed by atoms with Gasteiger partial charge in [-0.05, 0) is 42.0 Å². The first-order chi connectivity index (χ1) is 13.9. The molecular formula is C24H26N4O. The number of hydrogen-bond acceptors (Lipinski definition) is 5. The fourth-order valence-electron chi connectivity index (χ4n) is 3.84. The predicted octanol–water partition coefficient (Wildman–Crippen LogP) is 5.68. The Morgan fingerprint density at radius 1 is 0.931 bits per heavy atom. The minimum absolute atomic E-state index is 0.0963. The average molecular weight is 386 g/mol. The number of hydrogen-bond donors (Lipinski definition) is 2. The highest BCUT2D eigenvalue weighted by Crippen LogP contribution is 2.38. The van der Waals surface area contributed by atoms with Crippen LogP contribution in [0.4, 0.5) is 23.1 Å². The molecule has 0 atom stereocenters. The summed E-state index contributed by atoms with van der Waals surface area (Å²) in [7, 11) is 0. The van der Waals surface area contributed by atoms with E-state index in [4.69, 9.17) is 9.97 Å². The first kappa shape index (κ1) is 19.1. The Hall–Kier alpha value is -3.21. The summed E-state index contributed by atoms with van der Waals surface area (Å²) in [6, 6.07) is 18.0. The Kier molecular flexibility index (Phi) is 5.05. The van der Waals surface area contributed by atoms with Gasteiger partial charge in [-0.1, -0.05) is 57.2 Å². The topological polar surface area (TPSA) is 66.9 Å². The van der Waals surface area contributed by atoms with E-state index in [2.05, 4.69) is 37.5 Å². The predicted molar refractivity (Wildman–Crippen MR) is 117 cm³/mol. The highest BCUT2D eigenvalue weighted by atomic mass is 16.1. The van der Waals surface area contributed by atoms with Crippen LogP contribution in [0.15, 0.2) is 54.6 Å². The molecule has 0 fully saturated rings. The van der Waals surface area contributed by atoms with Gasteiger partial charge in [0, 0.05) is 17.8 Å². The van der Waals surface area contributed by atoms with E-state index in [1.54, 1.807) is 0 Å². The van der Waals surface area contributed by atoms with E-state index in [-0.39, 0.29) is 11.2 Å². The third-order valence-corrected chi connectivity index (χ3v) is 5.23. The number of aryl methyl sites for hydroxylation is 1. The second-order valence-electron chi connectivity index (χ2n) is 8.29. The molecule has 5 nitrogen and oxygen atoms in total. The summed E-state index contributed by atoms with van der Waals surface area (Å²) in [6.07, 6.45) is 2.13. The van der Waals surface area contributed by atoms with Crippen molar-refractivity contribution >= 4 is 28.9 Å². The lowest BCUT2D eigenvalue weighted by molar-refractivity contribution is 0.0911. The molecule has 1 heterocycles. The number of carbonyl (C=O) groups is 1. The molecule has 0 bridgehead atoms. The Labute approximate surface area is 171 Å². The van der Waals surface area contributed by atoms with Gasteiger partial charge in [0.2, 0.25) is 5.95 Å². The summed E-state index contributed by atoms with van der Waals surface area (Å²) in [5, 5.41) is 6.70. The van der Waals surface area contributed by atoms with E-state index in [9.17, 15) is 4.79 Å². The van der Waals surface area contributed by atoms with E-state index in [1.165, 1.54) is 5.56 Å². The summed E-state index contributed by atoms with van der Waals surface area (Å²) in [5.41, 5.74) is 4.38. The number of benzene rings is 2. The molecule has 148 valence electrons. The van der Waals surface area contributed by atoms with Gasteiger partial charge in [-0.25, -0.2) is 4.98 Å². The van der Waals surface area contributed by atoms with Crippen LogP contribution in [-0.4, -0.2) is 15.8 Å². The number of nitrogens with zero attached hydrogens (tertiary/aromatic N) is 2. The lowest BCUT2D eigenvalue weighted by atomic mass is 9.75. The quantitative estimate of drug-likeness (QED) is 0.590. The van der Waals surface area contributed by atoms with Crippen molar-refractivity contribution in [3.8, 4) is 0 Å². The summed E-state index contributed by atoms with van der Waals surface area (Å²) >= 11 is 0. The van der Waals surface area contributed by atoms with Gasteiger partial charge in [0.25, 0.3) is 0 Å². The van der Waals surface area contributed by atoms with Crippen LogP contribution in [0.5, 0.6) is 0 Å². The Balaban J connectivity index is 1.79. The molecule has 0 unspecified atom stereocenters. The van der Waals surface area contributed by atoms with Crippen LogP contribution >= 0.6 is 0 Å². The Bertz CT molecular complexity index is 1040. The van der Waals surface area contributed by atoms with Crippen LogP contribution < -0.4 is 10.6 Å². The van der Waals surface area contributed by atoms with Crippen molar-refractivity contribution in [2.24, 2.45) is 5.41 Å². The fraction of sp³-hybridized carbons (Fsp3) is 0.292. The minimum atomic E-state index is -0.110. The zero-order valence-corrected chi connectivity index (χ0v) is 17.1. The number of Topliss-reactive ketones (excluding diaryl/α,β-unsaturated/α-hetero) is 1. The van der Waals surface area contributed by atoms with Crippen LogP contribution in [0.2, 0.25) is 0 Å². The number of para-hydroxylation sites is 2. The summed E-state index contributed by atoms with van der Waals surface area (Å²) in [4.78, 5) is 22.4. The van der Waals surface area contributed by atoms with E-state index in [0.29, 0.717) is 23.8 Å². The lowest BCUT2D eigenvalue weighted by Gasteiger charge is -2.30. The molecule has 1 aromatic heterocycles. The van der Waals surface area contributed by atoms with Crippen molar-refractivity contribution in [3.63, 3.8) is 0 Å². The van der Waals surface area contributed by atoms with Gasteiger partial charge < -0.3 is 10.6 Å². The zero-order valence-electron chi connectivity index (χ0n) is 17.1. The third-order valence-electron chi connectivity index (χ3n) is 5.23. The van der Waals surface area contributed by atoms with Crippen LogP contribution in [0, 0.1) is 5.41 Å². The summed E-state index contributed by atoms with van der Waals surface area (Å²) < 4.78 is 0. The van der Waals surface area contributed by atoms with E-state index < -0.39 is 0 Å². The zero-order chi connectivity index (χ0) is 20.4. The Morgan fingerprint density at radius 3 is 2.41 bits per heavy atom. The van der Waals surface area contributed by atoms with Crippen LogP contribution in [0.3, 0.4) is 0 Å². The molecule has 3 aromatic rings. The van der Waals surface area contributed by atoms with Crippen molar-refractivity contribution in [3.05, 3.63) is 71.4 Å². The Morgan fingerprint density at radius 2 is 1.66 bits per heavy atom. The maximum atomic E-state index is 13.0. The summed E-state index contributed by atoms with van der Waals surface area (Å²) in [5.74, 6) is 1.17. The number of aromatic nitrogens is 2. The number of nitrogens with one attached hydrogen (secondary N) is 2. The second kappa shape index (κ2) is 7.66. The highest BCUT2D eigenvalue weighted by molar-refractivity contribution is 6.03. The highest BCUT2D eigenvalue weighted by Gasteiger charge is 2.35. The smallest absolute Gasteiger partial charge is 0.229 e. The molecule has 0 saturated heterocycles. The second-order valence-corrected chi connectivity index (χ2v) is 8.29. The molecule has 0 saturated carbocycles. The number of rotatable bonds is 5. The van der Waals surface area contributed by atoms with Crippen molar-refractivity contribution in [2.45, 2.75) is 40.0 Å². The monoisotopic (exact) mass is 386 g/mol. The average Bonchev–Trinajstić information content (AvgIpc) is 2.67. The first-order valence-electron chi connectivity index (χ1n) is 10.1. The van der Waals surface area contributed by atoms with Crippen molar-refractivity contribution in [2.75, 3.05) is 10.6 Å². The molecule has 5 heteroatoms. The first-order valence-corrected chi connectivity index (χ1v) is 10.1. The van der Waals surface area contributed by atoms with E-state index in [1.807, 2.05) is 48.5 Å². The number of carbonyl (C=O) groups excluding carboxylic acids is 1. The normalized spacial score (nSPS) is 14.9. The molecule has 0 radical (unpaired) electrons. The largest absolute Gasteiger partial charge is 0.339 e. The van der Waals surface area contributed by atoms with Crippen LogP contribution in [-0.2, 0) is 12.8 Å². The van der Waals surface area contributed by atoms with Crippen molar-refractivity contribution in [1.29, 1.82) is 0 Å². The molecule has 2 aromatic carbocycles. The molecule has 4 rings (SSSR count). The summed E-state index contributed by atoms with van der Waals surface area (Å²) in [6.45, 7) is 6.34. The van der Waals surface area contributed by atoms with E-state index >= 15 is 0 Å². The number of ketones is 1. The third kappa shape index (κ3) is 4.14. The van der Waals surface area contributed by atoms with Gasteiger partial charge in [-0.15, -0.1) is 0 Å². The number of fused-ring (bicyclic) bond motifs is 1. The van der Waals surface area contributed by atoms with Crippen LogP contribution in [0.1, 0.15) is 48.8 Å². The molecule has 0 aliphatic heterocycles. The van der Waals surface area contributed by atoms with E-state index in [0.717, 1.165) is 29.9 Å². The lowest BCUT2D eigenvalue weighted by Crippen LogP contribution is -2.29.